The number of nitrogens with zero attached hydrogens (tertiary/aromatic N) is 3. The van der Waals surface area contributed by atoms with Gasteiger partial charge in [-0.2, -0.15) is 5.10 Å². The second-order valence-corrected chi connectivity index (χ2v) is 7.33. The Morgan fingerprint density at radius 2 is 1.93 bits per heavy atom. The van der Waals surface area contributed by atoms with Gasteiger partial charge in [-0.1, -0.05) is 41.4 Å². The van der Waals surface area contributed by atoms with E-state index >= 15 is 0 Å². The topological polar surface area (TPSA) is 42.2 Å². The molecule has 0 amide bonds. The summed E-state index contributed by atoms with van der Waals surface area (Å²) in [7, 11) is 0. The molecule has 0 radical (unpaired) electrons. The van der Waals surface area contributed by atoms with E-state index in [9.17, 15) is 0 Å². The maximum Gasteiger partial charge on any atom is 0.155 e. The quantitative estimate of drug-likeness (QED) is 0.521. The largest absolute Gasteiger partial charge is 0.312 e. The van der Waals surface area contributed by atoms with Gasteiger partial charge >= 0.3 is 0 Å². The first kappa shape index (κ1) is 14.6. The van der Waals surface area contributed by atoms with Crippen LogP contribution < -0.4 is 5.32 Å². The number of benzene rings is 2. The van der Waals surface area contributed by atoms with Crippen molar-refractivity contribution in [1.29, 1.82) is 0 Å². The molecule has 1 aliphatic heterocycles. The predicted octanol–water partition coefficient (Wildman–Crippen LogP) is 4.94. The lowest BCUT2D eigenvalue weighted by Gasteiger charge is -2.27. The molecule has 1 aliphatic rings. The third-order valence-corrected chi connectivity index (χ3v) is 5.65. The molecule has 1 N–H and O–H groups in total. The molecule has 27 heavy (non-hydrogen) atoms. The number of hydrogen-bond acceptors (Lipinski definition) is 3. The van der Waals surface area contributed by atoms with Gasteiger partial charge in [-0.05, 0) is 52.6 Å². The van der Waals surface area contributed by atoms with E-state index in [0.717, 1.165) is 27.9 Å². The van der Waals surface area contributed by atoms with Gasteiger partial charge in [0.1, 0.15) is 6.33 Å². The van der Waals surface area contributed by atoms with E-state index in [1.807, 2.05) is 48.7 Å². The van der Waals surface area contributed by atoms with Crippen molar-refractivity contribution in [3.05, 3.63) is 87.8 Å². The van der Waals surface area contributed by atoms with Gasteiger partial charge < -0.3 is 5.32 Å². The van der Waals surface area contributed by atoms with E-state index in [4.69, 9.17) is 25.9 Å². The van der Waals surface area contributed by atoms with E-state index in [1.165, 1.54) is 6.33 Å². The highest BCUT2D eigenvalue weighted by Gasteiger charge is 2.22. The lowest BCUT2D eigenvalue weighted by Crippen LogP contribution is -2.28. The molecule has 0 saturated carbocycles. The summed E-state index contributed by atoms with van der Waals surface area (Å²) in [6, 6.07) is 15.4. The monoisotopic (exact) mass is 396 g/mol. The number of halogens is 2. The first-order chi connectivity index (χ1) is 13.9. The van der Waals surface area contributed by atoms with E-state index < -0.39 is 6.50 Å². The van der Waals surface area contributed by atoms with Gasteiger partial charge in [-0.3, -0.25) is 0 Å². The number of pyridine rings is 1. The van der Waals surface area contributed by atoms with Crippen LogP contribution in [0.25, 0.3) is 16.8 Å². The summed E-state index contributed by atoms with van der Waals surface area (Å²) < 4.78 is 18.7. The maximum absolute atomic E-state index is 8.48. The van der Waals surface area contributed by atoms with Crippen molar-refractivity contribution in [3.63, 3.8) is 0 Å². The summed E-state index contributed by atoms with van der Waals surface area (Å²) in [5.74, 6) is -0.0181. The number of nitrogens with one attached hydrogen (secondary N) is 1. The van der Waals surface area contributed by atoms with Gasteiger partial charge in [-0.15, -0.1) is 0 Å². The Balaban J connectivity index is 1.62. The summed E-state index contributed by atoms with van der Waals surface area (Å²) in [6.07, 6.45) is 3.41. The molecule has 0 fully saturated rings. The summed E-state index contributed by atoms with van der Waals surface area (Å²) >= 11 is 12.3. The average molecular weight is 397 g/mol. The molecular weight excluding hydrogens is 379 g/mol. The predicted molar refractivity (Wildman–Crippen MR) is 108 cm³/mol. The molecular formula is C21H16Cl2N4. The van der Waals surface area contributed by atoms with Crippen molar-refractivity contribution in [2.24, 2.45) is 0 Å². The van der Waals surface area contributed by atoms with Gasteiger partial charge in [0.15, 0.2) is 5.65 Å². The van der Waals surface area contributed by atoms with Crippen molar-refractivity contribution < 1.29 is 2.74 Å². The summed E-state index contributed by atoms with van der Waals surface area (Å²) in [4.78, 5) is 4.17. The Morgan fingerprint density at radius 1 is 1.04 bits per heavy atom. The Labute approximate surface area is 169 Å². The molecule has 1 atom stereocenters. The zero-order chi connectivity index (χ0) is 20.2. The second-order valence-electron chi connectivity index (χ2n) is 6.51. The van der Waals surface area contributed by atoms with E-state index in [-0.39, 0.29) is 5.92 Å². The standard InChI is InChI=1S/C21H16Cl2N4/c22-19-5-2-14(8-20(19)23)18-10-24-9-16-7-13(1-4-17(16)18)15-3-6-21-25-12-26-27(21)11-15/h1-8,11-12,18,24H,9-10H2/i9D2. The average Bonchev–Trinajstić information content (AvgIpc) is 3.18. The van der Waals surface area contributed by atoms with Crippen LogP contribution in [0.2, 0.25) is 10.0 Å². The number of aromatic nitrogens is 3. The highest BCUT2D eigenvalue weighted by Crippen LogP contribution is 2.35. The molecule has 2 aromatic carbocycles. The third-order valence-electron chi connectivity index (χ3n) is 4.91. The molecule has 0 bridgehead atoms. The van der Waals surface area contributed by atoms with Crippen molar-refractivity contribution in [2.45, 2.75) is 12.4 Å². The summed E-state index contributed by atoms with van der Waals surface area (Å²) in [6.45, 7) is -1.16. The SMILES string of the molecule is [2H]C1([2H])NCC(c2ccc(Cl)c(Cl)c2)c2ccc(-c3ccc4ncnn4c3)cc21. The highest BCUT2D eigenvalue weighted by atomic mass is 35.5. The Hall–Kier alpha value is -2.40. The second kappa shape index (κ2) is 6.64. The minimum atomic E-state index is -1.63. The van der Waals surface area contributed by atoms with Gasteiger partial charge in [-0.25, -0.2) is 9.50 Å². The Bertz CT molecular complexity index is 1240. The molecule has 1 unspecified atom stereocenters. The number of fused-ring (bicyclic) bond motifs is 2. The number of rotatable bonds is 2. The Kier molecular flexibility index (Phi) is 3.60. The first-order valence-electron chi connectivity index (χ1n) is 9.56. The number of hydrogen-bond donors (Lipinski definition) is 1. The zero-order valence-electron chi connectivity index (χ0n) is 16.2. The van der Waals surface area contributed by atoms with Crippen LogP contribution in [0.4, 0.5) is 0 Å². The molecule has 4 nitrogen and oxygen atoms in total. The summed E-state index contributed by atoms with van der Waals surface area (Å²) in [5.41, 5.74) is 5.19. The molecule has 0 aliphatic carbocycles. The maximum atomic E-state index is 8.48. The smallest absolute Gasteiger partial charge is 0.155 e. The zero-order valence-corrected chi connectivity index (χ0v) is 15.7. The van der Waals surface area contributed by atoms with Crippen LogP contribution in [0.15, 0.2) is 61.1 Å². The minimum absolute atomic E-state index is 0.0181. The fraction of sp³-hybridized carbons (Fsp3) is 0.143. The molecule has 6 heteroatoms. The van der Waals surface area contributed by atoms with Crippen LogP contribution in [0, 0.1) is 0 Å². The molecule has 3 heterocycles. The summed E-state index contributed by atoms with van der Waals surface area (Å²) in [5, 5.41) is 8.22. The Morgan fingerprint density at radius 3 is 2.81 bits per heavy atom. The minimum Gasteiger partial charge on any atom is -0.312 e. The van der Waals surface area contributed by atoms with Gasteiger partial charge in [0.25, 0.3) is 0 Å². The molecule has 4 aromatic rings. The van der Waals surface area contributed by atoms with E-state index in [2.05, 4.69) is 15.4 Å². The van der Waals surface area contributed by atoms with Crippen LogP contribution in [0.3, 0.4) is 0 Å². The van der Waals surface area contributed by atoms with Crippen LogP contribution >= 0.6 is 23.2 Å². The van der Waals surface area contributed by atoms with Crippen molar-refractivity contribution in [1.82, 2.24) is 19.9 Å². The molecule has 0 spiro atoms. The van der Waals surface area contributed by atoms with Crippen molar-refractivity contribution in [3.8, 4) is 11.1 Å². The first-order valence-corrected chi connectivity index (χ1v) is 9.32. The molecule has 0 saturated heterocycles. The highest BCUT2D eigenvalue weighted by molar-refractivity contribution is 6.42. The molecule has 134 valence electrons. The normalized spacial score (nSPS) is 19.4. The van der Waals surface area contributed by atoms with Crippen LogP contribution in [0.5, 0.6) is 0 Å². The van der Waals surface area contributed by atoms with Crippen LogP contribution in [-0.2, 0) is 6.50 Å². The lowest BCUT2D eigenvalue weighted by atomic mass is 9.84. The third kappa shape index (κ3) is 3.00. The van der Waals surface area contributed by atoms with Gasteiger partial charge in [0, 0.05) is 33.5 Å². The van der Waals surface area contributed by atoms with Gasteiger partial charge in [0.05, 0.1) is 10.0 Å². The fourth-order valence-electron chi connectivity index (χ4n) is 3.52. The molecule has 2 aromatic heterocycles. The van der Waals surface area contributed by atoms with Crippen molar-refractivity contribution >= 4 is 28.8 Å². The van der Waals surface area contributed by atoms with Crippen molar-refractivity contribution in [2.75, 3.05) is 6.54 Å². The lowest BCUT2D eigenvalue weighted by molar-refractivity contribution is 0.591. The van der Waals surface area contributed by atoms with Gasteiger partial charge in [0.2, 0.25) is 0 Å². The van der Waals surface area contributed by atoms with Crippen LogP contribution in [-0.4, -0.2) is 21.1 Å². The van der Waals surface area contributed by atoms with Crippen LogP contribution in [0.1, 0.15) is 25.3 Å². The van der Waals surface area contributed by atoms with E-state index in [1.54, 1.807) is 10.6 Å². The van der Waals surface area contributed by atoms with E-state index in [0.29, 0.717) is 22.2 Å². The fourth-order valence-corrected chi connectivity index (χ4v) is 3.83. The molecule has 5 rings (SSSR count).